The van der Waals surface area contributed by atoms with Gasteiger partial charge in [-0.1, -0.05) is 24.3 Å². The van der Waals surface area contributed by atoms with E-state index in [1.807, 2.05) is 32.0 Å². The molecule has 2 amide bonds. The molecule has 176 valence electrons. The van der Waals surface area contributed by atoms with Crippen LogP contribution >= 0.6 is 28.1 Å². The number of nitrogens with one attached hydrogen (secondary N) is 3. The van der Waals surface area contributed by atoms with Gasteiger partial charge < -0.3 is 20.1 Å². The summed E-state index contributed by atoms with van der Waals surface area (Å²) >= 11 is 8.69. The van der Waals surface area contributed by atoms with Gasteiger partial charge in [-0.2, -0.15) is 0 Å². The number of rotatable bonds is 8. The van der Waals surface area contributed by atoms with E-state index in [-0.39, 0.29) is 29.6 Å². The Morgan fingerprint density at radius 2 is 1.65 bits per heavy atom. The second-order valence-electron chi connectivity index (χ2n) is 7.45. The fourth-order valence-electron chi connectivity index (χ4n) is 2.87. The summed E-state index contributed by atoms with van der Waals surface area (Å²) in [6.45, 7) is 3.74. The number of amides is 2. The van der Waals surface area contributed by atoms with Gasteiger partial charge in [0, 0.05) is 16.9 Å². The van der Waals surface area contributed by atoms with Gasteiger partial charge in [-0.15, -0.1) is 0 Å². The number of ether oxygens (including phenoxy) is 2. The average molecular weight is 542 g/mol. The molecule has 0 radical (unpaired) electrons. The Hall–Kier alpha value is -3.43. The molecule has 0 atom stereocenters. The number of benzene rings is 3. The number of hydrogen-bond donors (Lipinski definition) is 3. The van der Waals surface area contributed by atoms with Crippen molar-refractivity contribution >= 4 is 56.4 Å². The summed E-state index contributed by atoms with van der Waals surface area (Å²) in [6.07, 6.45) is 0.0182. The van der Waals surface area contributed by atoms with Crippen LogP contribution in [0.15, 0.2) is 77.3 Å². The molecule has 0 aliphatic heterocycles. The van der Waals surface area contributed by atoms with Crippen LogP contribution in [0.5, 0.6) is 11.5 Å². The van der Waals surface area contributed by atoms with Crippen LogP contribution in [0.4, 0.5) is 11.4 Å². The smallest absolute Gasteiger partial charge is 0.262 e. The van der Waals surface area contributed by atoms with Crippen molar-refractivity contribution in [1.82, 2.24) is 5.32 Å². The van der Waals surface area contributed by atoms with Crippen molar-refractivity contribution in [3.05, 3.63) is 82.8 Å². The van der Waals surface area contributed by atoms with E-state index in [1.54, 1.807) is 54.6 Å². The second kappa shape index (κ2) is 12.2. The first-order chi connectivity index (χ1) is 16.3. The van der Waals surface area contributed by atoms with Crippen LogP contribution in [-0.2, 0) is 4.79 Å². The summed E-state index contributed by atoms with van der Waals surface area (Å²) < 4.78 is 11.8. The van der Waals surface area contributed by atoms with E-state index in [9.17, 15) is 9.59 Å². The maximum atomic E-state index is 12.6. The third kappa shape index (κ3) is 7.86. The van der Waals surface area contributed by atoms with Gasteiger partial charge in [0.1, 0.15) is 11.5 Å². The molecule has 3 aromatic rings. The lowest BCUT2D eigenvalue weighted by Crippen LogP contribution is -2.34. The number of anilines is 2. The van der Waals surface area contributed by atoms with Crippen LogP contribution in [-0.4, -0.2) is 29.6 Å². The summed E-state index contributed by atoms with van der Waals surface area (Å²) in [4.78, 5) is 24.7. The predicted octanol–water partition coefficient (Wildman–Crippen LogP) is 5.38. The summed E-state index contributed by atoms with van der Waals surface area (Å²) in [5.41, 5.74) is 1.59. The van der Waals surface area contributed by atoms with E-state index in [0.717, 1.165) is 0 Å². The van der Waals surface area contributed by atoms with Gasteiger partial charge in [0.25, 0.3) is 11.8 Å². The molecule has 0 aromatic heterocycles. The molecule has 9 heteroatoms. The zero-order valence-electron chi connectivity index (χ0n) is 18.6. The molecule has 0 unspecified atom stereocenters. The van der Waals surface area contributed by atoms with Crippen molar-refractivity contribution < 1.29 is 19.1 Å². The first kappa shape index (κ1) is 25.2. The minimum atomic E-state index is -0.364. The average Bonchev–Trinajstić information content (AvgIpc) is 2.79. The number of carbonyl (C=O) groups excluding carboxylic acids is 2. The minimum absolute atomic E-state index is 0.0182. The third-order valence-electron chi connectivity index (χ3n) is 4.30. The number of carbonyl (C=O) groups is 2. The SMILES string of the molecule is CC(C)Oc1ccc(C(=O)NC(=S)Nc2cccc(NC(=O)COc3ccccc3)c2)cc1Br. The Labute approximate surface area is 212 Å². The maximum Gasteiger partial charge on any atom is 0.262 e. The van der Waals surface area contributed by atoms with Crippen molar-refractivity contribution in [3.63, 3.8) is 0 Å². The summed E-state index contributed by atoms with van der Waals surface area (Å²) in [5, 5.41) is 8.48. The Kier molecular flexibility index (Phi) is 9.00. The quantitative estimate of drug-likeness (QED) is 0.332. The highest BCUT2D eigenvalue weighted by Crippen LogP contribution is 2.27. The van der Waals surface area contributed by atoms with Crippen molar-refractivity contribution in [3.8, 4) is 11.5 Å². The lowest BCUT2D eigenvalue weighted by molar-refractivity contribution is -0.118. The van der Waals surface area contributed by atoms with E-state index in [1.165, 1.54) is 0 Å². The van der Waals surface area contributed by atoms with Crippen LogP contribution in [0.1, 0.15) is 24.2 Å². The molecule has 0 fully saturated rings. The highest BCUT2D eigenvalue weighted by Gasteiger charge is 2.12. The zero-order valence-corrected chi connectivity index (χ0v) is 21.0. The van der Waals surface area contributed by atoms with E-state index in [2.05, 4.69) is 31.9 Å². The van der Waals surface area contributed by atoms with Crippen LogP contribution in [0.2, 0.25) is 0 Å². The topological polar surface area (TPSA) is 88.7 Å². The standard InChI is InChI=1S/C25H24BrN3O4S/c1-16(2)33-22-12-11-17(13-21(22)26)24(31)29-25(34)28-19-8-6-7-18(14-19)27-23(30)15-32-20-9-4-3-5-10-20/h3-14,16H,15H2,1-2H3,(H,27,30)(H2,28,29,31,34). The summed E-state index contributed by atoms with van der Waals surface area (Å²) in [5.74, 6) is 0.604. The number of para-hydroxylation sites is 1. The molecular weight excluding hydrogens is 518 g/mol. The monoisotopic (exact) mass is 541 g/mol. The van der Waals surface area contributed by atoms with Gasteiger partial charge >= 0.3 is 0 Å². The Morgan fingerprint density at radius 3 is 2.32 bits per heavy atom. The van der Waals surface area contributed by atoms with Crippen molar-refractivity contribution in [2.75, 3.05) is 17.2 Å². The van der Waals surface area contributed by atoms with Crippen LogP contribution < -0.4 is 25.4 Å². The number of thiocarbonyl (C=S) groups is 1. The molecule has 3 rings (SSSR count). The van der Waals surface area contributed by atoms with Gasteiger partial charge in [-0.3, -0.25) is 14.9 Å². The first-order valence-electron chi connectivity index (χ1n) is 10.5. The van der Waals surface area contributed by atoms with Crippen LogP contribution in [0.3, 0.4) is 0 Å². The molecule has 3 aromatic carbocycles. The lowest BCUT2D eigenvalue weighted by atomic mass is 10.2. The molecule has 7 nitrogen and oxygen atoms in total. The first-order valence-corrected chi connectivity index (χ1v) is 11.7. The van der Waals surface area contributed by atoms with Gasteiger partial charge in [-0.05, 0) is 90.5 Å². The molecule has 3 N–H and O–H groups in total. The largest absolute Gasteiger partial charge is 0.490 e. The number of halogens is 1. The fraction of sp³-hybridized carbons (Fsp3) is 0.160. The molecule has 0 spiro atoms. The fourth-order valence-corrected chi connectivity index (χ4v) is 3.55. The van der Waals surface area contributed by atoms with Gasteiger partial charge in [0.15, 0.2) is 11.7 Å². The Balaban J connectivity index is 1.53. The Bertz CT molecular complexity index is 1170. The lowest BCUT2D eigenvalue weighted by Gasteiger charge is -2.13. The van der Waals surface area contributed by atoms with E-state index in [4.69, 9.17) is 21.7 Å². The van der Waals surface area contributed by atoms with Crippen molar-refractivity contribution in [2.45, 2.75) is 20.0 Å². The highest BCUT2D eigenvalue weighted by molar-refractivity contribution is 9.10. The van der Waals surface area contributed by atoms with E-state index in [0.29, 0.717) is 32.9 Å². The molecule has 0 aliphatic carbocycles. The van der Waals surface area contributed by atoms with Crippen LogP contribution in [0.25, 0.3) is 0 Å². The second-order valence-corrected chi connectivity index (χ2v) is 8.71. The number of hydrogen-bond acceptors (Lipinski definition) is 5. The zero-order chi connectivity index (χ0) is 24.5. The normalized spacial score (nSPS) is 10.4. The van der Waals surface area contributed by atoms with Crippen molar-refractivity contribution in [1.29, 1.82) is 0 Å². The molecule has 0 aliphatic rings. The maximum absolute atomic E-state index is 12.6. The molecule has 0 saturated heterocycles. The molecule has 0 bridgehead atoms. The predicted molar refractivity (Wildman–Crippen MR) is 141 cm³/mol. The molecular formula is C25H24BrN3O4S. The Morgan fingerprint density at radius 1 is 0.941 bits per heavy atom. The van der Waals surface area contributed by atoms with Gasteiger partial charge in [0.2, 0.25) is 0 Å². The van der Waals surface area contributed by atoms with Gasteiger partial charge in [0.05, 0.1) is 10.6 Å². The summed E-state index contributed by atoms with van der Waals surface area (Å²) in [7, 11) is 0. The molecule has 0 heterocycles. The summed E-state index contributed by atoms with van der Waals surface area (Å²) in [6, 6.07) is 21.1. The highest BCUT2D eigenvalue weighted by atomic mass is 79.9. The third-order valence-corrected chi connectivity index (χ3v) is 5.12. The molecule has 34 heavy (non-hydrogen) atoms. The molecule has 0 saturated carbocycles. The van der Waals surface area contributed by atoms with Gasteiger partial charge in [-0.25, -0.2) is 0 Å². The van der Waals surface area contributed by atoms with Crippen LogP contribution in [0, 0.1) is 0 Å². The minimum Gasteiger partial charge on any atom is -0.490 e. The van der Waals surface area contributed by atoms with Crippen molar-refractivity contribution in [2.24, 2.45) is 0 Å². The van der Waals surface area contributed by atoms with E-state index >= 15 is 0 Å². The van der Waals surface area contributed by atoms with E-state index < -0.39 is 0 Å².